The highest BCUT2D eigenvalue weighted by Crippen LogP contribution is 2.25. The molecule has 1 N–H and O–H groups in total. The van der Waals surface area contributed by atoms with Crippen LogP contribution in [0.5, 0.6) is 0 Å². The molecule has 1 aliphatic heterocycles. The lowest BCUT2D eigenvalue weighted by atomic mass is 10.2. The summed E-state index contributed by atoms with van der Waals surface area (Å²) in [6.07, 6.45) is 2.60. The van der Waals surface area contributed by atoms with E-state index in [0.29, 0.717) is 11.8 Å². The van der Waals surface area contributed by atoms with Gasteiger partial charge in [-0.3, -0.25) is 0 Å². The predicted molar refractivity (Wildman–Crippen MR) is 68.6 cm³/mol. The standard InChI is InChI=1S/C12H15ClFNS/c13-12-9(3-1-5-11(12)14)7-15-8-10-4-2-6-16-10/h1,3,5,10,15H,2,4,6-8H2. The van der Waals surface area contributed by atoms with E-state index in [9.17, 15) is 4.39 Å². The first-order chi connectivity index (χ1) is 7.77. The number of nitrogens with one attached hydrogen (secondary N) is 1. The van der Waals surface area contributed by atoms with Gasteiger partial charge in [0.05, 0.1) is 5.02 Å². The molecule has 0 spiro atoms. The van der Waals surface area contributed by atoms with Crippen molar-refractivity contribution in [2.24, 2.45) is 0 Å². The zero-order valence-corrected chi connectivity index (χ0v) is 10.6. The maximum absolute atomic E-state index is 13.1. The highest BCUT2D eigenvalue weighted by Gasteiger charge is 2.14. The molecule has 1 aromatic rings. The van der Waals surface area contributed by atoms with Gasteiger partial charge in [-0.1, -0.05) is 23.7 Å². The zero-order valence-electron chi connectivity index (χ0n) is 9.01. The van der Waals surface area contributed by atoms with Crippen molar-refractivity contribution in [2.75, 3.05) is 12.3 Å². The van der Waals surface area contributed by atoms with Gasteiger partial charge >= 0.3 is 0 Å². The van der Waals surface area contributed by atoms with E-state index in [0.717, 1.165) is 12.1 Å². The van der Waals surface area contributed by atoms with Crippen molar-refractivity contribution in [1.82, 2.24) is 5.32 Å². The number of halogens is 2. The Morgan fingerprint density at radius 2 is 2.38 bits per heavy atom. The Labute approximate surface area is 105 Å². The van der Waals surface area contributed by atoms with E-state index in [1.165, 1.54) is 24.7 Å². The maximum atomic E-state index is 13.1. The fourth-order valence-corrected chi connectivity index (χ4v) is 3.29. The van der Waals surface area contributed by atoms with Gasteiger partial charge in [0.2, 0.25) is 0 Å². The minimum absolute atomic E-state index is 0.245. The normalized spacial score (nSPS) is 20.2. The summed E-state index contributed by atoms with van der Waals surface area (Å²) in [6, 6.07) is 4.95. The summed E-state index contributed by atoms with van der Waals surface area (Å²) in [5, 5.41) is 4.30. The average Bonchev–Trinajstić information content (AvgIpc) is 2.77. The molecule has 16 heavy (non-hydrogen) atoms. The van der Waals surface area contributed by atoms with Gasteiger partial charge in [-0.2, -0.15) is 11.8 Å². The minimum Gasteiger partial charge on any atom is -0.312 e. The first kappa shape index (κ1) is 12.2. The molecule has 2 rings (SSSR count). The molecule has 1 unspecified atom stereocenters. The number of rotatable bonds is 4. The van der Waals surface area contributed by atoms with Gasteiger partial charge in [-0.15, -0.1) is 0 Å². The van der Waals surface area contributed by atoms with Gasteiger partial charge in [0.15, 0.2) is 0 Å². The van der Waals surface area contributed by atoms with Gasteiger partial charge in [0, 0.05) is 18.3 Å². The first-order valence-electron chi connectivity index (χ1n) is 5.52. The molecule has 1 aromatic carbocycles. The highest BCUT2D eigenvalue weighted by atomic mass is 35.5. The van der Waals surface area contributed by atoms with E-state index < -0.39 is 0 Å². The molecule has 0 bridgehead atoms. The molecule has 0 saturated carbocycles. The predicted octanol–water partition coefficient (Wildman–Crippen LogP) is 3.46. The van der Waals surface area contributed by atoms with Crippen molar-refractivity contribution >= 4 is 23.4 Å². The van der Waals surface area contributed by atoms with Crippen LogP contribution >= 0.6 is 23.4 Å². The van der Waals surface area contributed by atoms with Crippen LogP contribution in [0.1, 0.15) is 18.4 Å². The van der Waals surface area contributed by atoms with Crippen LogP contribution in [0.25, 0.3) is 0 Å². The van der Waals surface area contributed by atoms with Gasteiger partial charge in [-0.05, 0) is 30.2 Å². The molecule has 1 saturated heterocycles. The van der Waals surface area contributed by atoms with Crippen LogP contribution in [-0.2, 0) is 6.54 Å². The molecule has 1 aliphatic rings. The summed E-state index contributed by atoms with van der Waals surface area (Å²) < 4.78 is 13.1. The summed E-state index contributed by atoms with van der Waals surface area (Å²) in [4.78, 5) is 0. The smallest absolute Gasteiger partial charge is 0.142 e. The minimum atomic E-state index is -0.337. The monoisotopic (exact) mass is 259 g/mol. The maximum Gasteiger partial charge on any atom is 0.142 e. The van der Waals surface area contributed by atoms with Crippen LogP contribution in [0.15, 0.2) is 18.2 Å². The summed E-state index contributed by atoms with van der Waals surface area (Å²) >= 11 is 7.88. The second-order valence-electron chi connectivity index (χ2n) is 3.98. The second kappa shape index (κ2) is 5.89. The van der Waals surface area contributed by atoms with Crippen molar-refractivity contribution in [3.63, 3.8) is 0 Å². The lowest BCUT2D eigenvalue weighted by Gasteiger charge is -2.11. The molecule has 4 heteroatoms. The van der Waals surface area contributed by atoms with Gasteiger partial charge in [0.25, 0.3) is 0 Å². The topological polar surface area (TPSA) is 12.0 Å². The molecule has 88 valence electrons. The molecule has 1 heterocycles. The van der Waals surface area contributed by atoms with E-state index in [-0.39, 0.29) is 10.8 Å². The van der Waals surface area contributed by atoms with Gasteiger partial charge < -0.3 is 5.32 Å². The molecular weight excluding hydrogens is 245 g/mol. The van der Waals surface area contributed by atoms with E-state index in [1.54, 1.807) is 6.07 Å². The number of hydrogen-bond donors (Lipinski definition) is 1. The quantitative estimate of drug-likeness (QED) is 0.889. The van der Waals surface area contributed by atoms with Crippen LogP contribution in [0.4, 0.5) is 4.39 Å². The van der Waals surface area contributed by atoms with Crippen molar-refractivity contribution in [3.8, 4) is 0 Å². The lowest BCUT2D eigenvalue weighted by Crippen LogP contribution is -2.22. The molecule has 1 fully saturated rings. The van der Waals surface area contributed by atoms with Crippen LogP contribution in [0.3, 0.4) is 0 Å². The molecule has 0 radical (unpaired) electrons. The fourth-order valence-electron chi connectivity index (χ4n) is 1.86. The van der Waals surface area contributed by atoms with Crippen molar-refractivity contribution in [2.45, 2.75) is 24.6 Å². The zero-order chi connectivity index (χ0) is 11.4. The van der Waals surface area contributed by atoms with E-state index in [2.05, 4.69) is 5.32 Å². The Bertz CT molecular complexity index is 353. The second-order valence-corrected chi connectivity index (χ2v) is 5.77. The lowest BCUT2D eigenvalue weighted by molar-refractivity contribution is 0.616. The SMILES string of the molecule is Fc1cccc(CNCC2CCCS2)c1Cl. The molecule has 1 atom stereocenters. The highest BCUT2D eigenvalue weighted by molar-refractivity contribution is 8.00. The third-order valence-corrected chi connectivity index (χ3v) is 4.56. The van der Waals surface area contributed by atoms with Crippen molar-refractivity contribution in [1.29, 1.82) is 0 Å². The molecule has 0 aliphatic carbocycles. The van der Waals surface area contributed by atoms with Crippen LogP contribution in [-0.4, -0.2) is 17.5 Å². The van der Waals surface area contributed by atoms with E-state index >= 15 is 0 Å². The largest absolute Gasteiger partial charge is 0.312 e. The average molecular weight is 260 g/mol. The Morgan fingerprint density at radius 1 is 1.50 bits per heavy atom. The van der Waals surface area contributed by atoms with Gasteiger partial charge in [-0.25, -0.2) is 4.39 Å². The van der Waals surface area contributed by atoms with E-state index in [4.69, 9.17) is 11.6 Å². The number of thioether (sulfide) groups is 1. The van der Waals surface area contributed by atoms with Crippen molar-refractivity contribution in [3.05, 3.63) is 34.6 Å². The Hall–Kier alpha value is -0.250. The van der Waals surface area contributed by atoms with Crippen LogP contribution in [0.2, 0.25) is 5.02 Å². The van der Waals surface area contributed by atoms with Gasteiger partial charge in [0.1, 0.15) is 5.82 Å². The molecule has 0 amide bonds. The third-order valence-electron chi connectivity index (χ3n) is 2.74. The molecule has 1 nitrogen and oxygen atoms in total. The fraction of sp³-hybridized carbons (Fsp3) is 0.500. The summed E-state index contributed by atoms with van der Waals surface area (Å²) in [7, 11) is 0. The Morgan fingerprint density at radius 3 is 3.12 bits per heavy atom. The Kier molecular flexibility index (Phi) is 4.50. The number of hydrogen-bond acceptors (Lipinski definition) is 2. The summed E-state index contributed by atoms with van der Waals surface area (Å²) in [5.41, 5.74) is 0.838. The summed E-state index contributed by atoms with van der Waals surface area (Å²) in [6.45, 7) is 1.63. The molecular formula is C12H15ClFNS. The molecule has 0 aromatic heterocycles. The van der Waals surface area contributed by atoms with E-state index in [1.807, 2.05) is 17.8 Å². The van der Waals surface area contributed by atoms with Crippen LogP contribution in [0, 0.1) is 5.82 Å². The Balaban J connectivity index is 1.82. The summed E-state index contributed by atoms with van der Waals surface area (Å²) in [5.74, 6) is 0.934. The first-order valence-corrected chi connectivity index (χ1v) is 6.95. The van der Waals surface area contributed by atoms with Crippen molar-refractivity contribution < 1.29 is 4.39 Å². The van der Waals surface area contributed by atoms with Crippen LogP contribution < -0.4 is 5.32 Å². The number of benzene rings is 1. The third kappa shape index (κ3) is 3.12.